The lowest BCUT2D eigenvalue weighted by Crippen LogP contribution is -2.26. The summed E-state index contributed by atoms with van der Waals surface area (Å²) >= 11 is 1.41. The Morgan fingerprint density at radius 2 is 2.33 bits per heavy atom. The van der Waals surface area contributed by atoms with E-state index >= 15 is 0 Å². The maximum Gasteiger partial charge on any atom is 0.307 e. The zero-order chi connectivity index (χ0) is 13.4. The largest absolute Gasteiger partial charge is 0.466 e. The topological polar surface area (TPSA) is 94.3 Å². The average molecular weight is 271 g/mol. The summed E-state index contributed by atoms with van der Waals surface area (Å²) in [7, 11) is 0. The molecule has 1 heterocycles. The number of carbonyl (C=O) groups excluding carboxylic acids is 2. The highest BCUT2D eigenvalue weighted by Crippen LogP contribution is 2.09. The minimum absolute atomic E-state index is 0.166. The molecule has 0 aliphatic rings. The summed E-state index contributed by atoms with van der Waals surface area (Å²) in [5.74, 6) is -0.598. The number of nitrogens with two attached hydrogens (primary N) is 1. The first-order valence-electron chi connectivity index (χ1n) is 5.75. The fourth-order valence-electron chi connectivity index (χ4n) is 1.26. The number of amides is 1. The van der Waals surface area contributed by atoms with Crippen molar-refractivity contribution in [3.63, 3.8) is 0 Å². The van der Waals surface area contributed by atoms with Crippen LogP contribution in [-0.4, -0.2) is 36.6 Å². The van der Waals surface area contributed by atoms with Gasteiger partial charge in [0.2, 0.25) is 0 Å². The monoisotopic (exact) mass is 271 g/mol. The first-order chi connectivity index (χ1) is 8.67. The molecular weight excluding hydrogens is 254 g/mol. The number of hydrogen-bond donors (Lipinski definition) is 2. The fourth-order valence-corrected chi connectivity index (χ4v) is 2.05. The third-order valence-electron chi connectivity index (χ3n) is 2.06. The number of aromatic nitrogens is 1. The van der Waals surface area contributed by atoms with Crippen LogP contribution >= 0.6 is 11.3 Å². The predicted octanol–water partition coefficient (Wildman–Crippen LogP) is 0.327. The van der Waals surface area contributed by atoms with Gasteiger partial charge in [-0.3, -0.25) is 9.59 Å². The van der Waals surface area contributed by atoms with Crippen molar-refractivity contribution >= 4 is 23.2 Å². The molecule has 18 heavy (non-hydrogen) atoms. The summed E-state index contributed by atoms with van der Waals surface area (Å²) in [4.78, 5) is 26.8. The van der Waals surface area contributed by atoms with Crippen LogP contribution in [0.3, 0.4) is 0 Å². The molecule has 0 atom stereocenters. The van der Waals surface area contributed by atoms with Gasteiger partial charge < -0.3 is 15.8 Å². The first-order valence-corrected chi connectivity index (χ1v) is 6.63. The Hall–Kier alpha value is -1.47. The van der Waals surface area contributed by atoms with Gasteiger partial charge in [-0.25, -0.2) is 4.98 Å². The van der Waals surface area contributed by atoms with Crippen LogP contribution in [0.15, 0.2) is 5.38 Å². The van der Waals surface area contributed by atoms with Gasteiger partial charge in [-0.15, -0.1) is 11.3 Å². The molecule has 1 rings (SSSR count). The number of esters is 1. The van der Waals surface area contributed by atoms with Crippen LogP contribution in [0.4, 0.5) is 0 Å². The van der Waals surface area contributed by atoms with E-state index in [2.05, 4.69) is 10.3 Å². The van der Waals surface area contributed by atoms with E-state index in [4.69, 9.17) is 10.5 Å². The normalized spacial score (nSPS) is 10.1. The summed E-state index contributed by atoms with van der Waals surface area (Å²) in [6.07, 6.45) is 0.833. The second kappa shape index (κ2) is 7.78. The van der Waals surface area contributed by atoms with E-state index in [9.17, 15) is 9.59 Å². The molecule has 0 bridgehead atoms. The van der Waals surface area contributed by atoms with Gasteiger partial charge in [-0.2, -0.15) is 0 Å². The highest BCUT2D eigenvalue weighted by atomic mass is 32.1. The van der Waals surface area contributed by atoms with Gasteiger partial charge in [-0.05, 0) is 13.5 Å². The molecule has 3 N–H and O–H groups in total. The van der Waals surface area contributed by atoms with Crippen molar-refractivity contribution in [1.82, 2.24) is 10.3 Å². The molecule has 0 radical (unpaired) electrons. The van der Waals surface area contributed by atoms with Crippen LogP contribution in [-0.2, 0) is 16.0 Å². The number of ether oxygens (including phenoxy) is 1. The minimum atomic E-state index is -0.320. The number of nitrogens with zero attached hydrogens (tertiary/aromatic N) is 1. The molecule has 0 saturated carbocycles. The molecule has 0 fully saturated rings. The zero-order valence-electron chi connectivity index (χ0n) is 10.3. The van der Waals surface area contributed by atoms with E-state index in [1.54, 1.807) is 12.3 Å². The van der Waals surface area contributed by atoms with Crippen LogP contribution in [0.2, 0.25) is 0 Å². The predicted molar refractivity (Wildman–Crippen MR) is 68.5 cm³/mol. The van der Waals surface area contributed by atoms with Gasteiger partial charge in [0.05, 0.1) is 18.0 Å². The quantitative estimate of drug-likeness (QED) is 0.697. The van der Waals surface area contributed by atoms with Gasteiger partial charge in [0.25, 0.3) is 5.91 Å². The van der Waals surface area contributed by atoms with Crippen molar-refractivity contribution < 1.29 is 14.3 Å². The second-order valence-electron chi connectivity index (χ2n) is 3.48. The van der Waals surface area contributed by atoms with E-state index in [0.717, 1.165) is 5.01 Å². The van der Waals surface area contributed by atoms with Crippen molar-refractivity contribution in [2.75, 3.05) is 19.7 Å². The minimum Gasteiger partial charge on any atom is -0.466 e. The lowest BCUT2D eigenvalue weighted by Gasteiger charge is -2.03. The smallest absolute Gasteiger partial charge is 0.307 e. The van der Waals surface area contributed by atoms with Crippen LogP contribution in [0.1, 0.15) is 28.8 Å². The van der Waals surface area contributed by atoms with Crippen molar-refractivity contribution in [1.29, 1.82) is 0 Å². The summed E-state index contributed by atoms with van der Waals surface area (Å²) in [5.41, 5.74) is 5.77. The van der Waals surface area contributed by atoms with E-state index < -0.39 is 0 Å². The Morgan fingerprint density at radius 1 is 1.56 bits per heavy atom. The van der Waals surface area contributed by atoms with Crippen LogP contribution in [0.5, 0.6) is 0 Å². The van der Waals surface area contributed by atoms with E-state index in [-0.39, 0.29) is 24.8 Å². The Labute approximate surface area is 110 Å². The van der Waals surface area contributed by atoms with Gasteiger partial charge in [0.1, 0.15) is 5.69 Å². The summed E-state index contributed by atoms with van der Waals surface area (Å²) in [5, 5.41) is 5.14. The molecule has 0 aliphatic heterocycles. The molecule has 0 aliphatic carbocycles. The SMILES string of the molecule is CCOC(=O)CCNC(=O)c1csc(CCN)n1. The number of nitrogens with one attached hydrogen (secondary N) is 1. The van der Waals surface area contributed by atoms with Crippen LogP contribution in [0, 0.1) is 0 Å². The highest BCUT2D eigenvalue weighted by Gasteiger charge is 2.10. The van der Waals surface area contributed by atoms with E-state index in [1.165, 1.54) is 11.3 Å². The Morgan fingerprint density at radius 3 is 3.00 bits per heavy atom. The molecule has 0 saturated heterocycles. The Balaban J connectivity index is 2.33. The van der Waals surface area contributed by atoms with Crippen LogP contribution < -0.4 is 11.1 Å². The average Bonchev–Trinajstić information content (AvgIpc) is 2.78. The lowest BCUT2D eigenvalue weighted by molar-refractivity contribution is -0.142. The molecular formula is C11H17N3O3S. The van der Waals surface area contributed by atoms with Crippen molar-refractivity contribution in [2.24, 2.45) is 5.73 Å². The second-order valence-corrected chi connectivity index (χ2v) is 4.42. The molecule has 6 nitrogen and oxygen atoms in total. The molecule has 0 unspecified atom stereocenters. The Bertz CT molecular complexity index is 406. The molecule has 0 spiro atoms. The standard InChI is InChI=1S/C11H17N3O3S/c1-2-17-10(15)4-6-13-11(16)8-7-18-9(14-8)3-5-12/h7H,2-6,12H2,1H3,(H,13,16). The van der Waals surface area contributed by atoms with Crippen molar-refractivity contribution in [3.8, 4) is 0 Å². The highest BCUT2D eigenvalue weighted by molar-refractivity contribution is 7.09. The third-order valence-corrected chi connectivity index (χ3v) is 2.97. The Kier molecular flexibility index (Phi) is 6.31. The number of hydrogen-bond acceptors (Lipinski definition) is 6. The number of thiazole rings is 1. The third kappa shape index (κ3) is 4.80. The van der Waals surface area contributed by atoms with Gasteiger partial charge >= 0.3 is 5.97 Å². The molecule has 100 valence electrons. The van der Waals surface area contributed by atoms with E-state index in [1.807, 2.05) is 0 Å². The number of rotatable bonds is 7. The molecule has 0 aromatic carbocycles. The first kappa shape index (κ1) is 14.6. The van der Waals surface area contributed by atoms with Gasteiger partial charge in [0, 0.05) is 18.3 Å². The summed E-state index contributed by atoms with van der Waals surface area (Å²) < 4.78 is 4.75. The molecule has 1 amide bonds. The van der Waals surface area contributed by atoms with Crippen LogP contribution in [0.25, 0.3) is 0 Å². The van der Waals surface area contributed by atoms with E-state index in [0.29, 0.717) is 25.3 Å². The zero-order valence-corrected chi connectivity index (χ0v) is 11.1. The number of carbonyl (C=O) groups is 2. The van der Waals surface area contributed by atoms with Gasteiger partial charge in [0.15, 0.2) is 0 Å². The summed E-state index contributed by atoms with van der Waals surface area (Å²) in [6.45, 7) is 2.85. The lowest BCUT2D eigenvalue weighted by atomic mass is 10.4. The molecule has 7 heteroatoms. The van der Waals surface area contributed by atoms with Gasteiger partial charge in [-0.1, -0.05) is 0 Å². The van der Waals surface area contributed by atoms with Crippen molar-refractivity contribution in [2.45, 2.75) is 19.8 Å². The van der Waals surface area contributed by atoms with Crippen molar-refractivity contribution in [3.05, 3.63) is 16.1 Å². The fraction of sp³-hybridized carbons (Fsp3) is 0.545. The molecule has 1 aromatic heterocycles. The maximum absolute atomic E-state index is 11.7. The summed E-state index contributed by atoms with van der Waals surface area (Å²) in [6, 6.07) is 0. The maximum atomic E-state index is 11.7. The molecule has 1 aromatic rings.